The second-order valence-corrected chi connectivity index (χ2v) is 5.91. The second-order valence-electron chi connectivity index (χ2n) is 5.47. The maximum atomic E-state index is 12.1. The Kier molecular flexibility index (Phi) is 7.36. The molecule has 2 aromatic carbocycles. The minimum absolute atomic E-state index is 0.0158. The van der Waals surface area contributed by atoms with Crippen molar-refractivity contribution < 1.29 is 23.9 Å². The van der Waals surface area contributed by atoms with E-state index in [9.17, 15) is 14.4 Å². The van der Waals surface area contributed by atoms with Crippen LogP contribution in [0.15, 0.2) is 48.5 Å². The van der Waals surface area contributed by atoms with Crippen LogP contribution in [-0.4, -0.2) is 30.7 Å². The second kappa shape index (κ2) is 9.73. The zero-order valence-corrected chi connectivity index (χ0v) is 15.1. The van der Waals surface area contributed by atoms with Gasteiger partial charge in [-0.25, -0.2) is 0 Å². The first-order valence-electron chi connectivity index (χ1n) is 8.20. The Morgan fingerprint density at radius 1 is 0.846 bits per heavy atom. The summed E-state index contributed by atoms with van der Waals surface area (Å²) in [5.74, 6) is -0.405. The molecule has 0 N–H and O–H groups in total. The Bertz CT molecular complexity index is 766. The van der Waals surface area contributed by atoms with Crippen LogP contribution in [-0.2, 0) is 9.53 Å². The number of Topliss-reactive ketones (excluding diaryl/α,β-unsaturated/α-hetero) is 2. The predicted octanol–water partition coefficient (Wildman–Crippen LogP) is 4.13. The van der Waals surface area contributed by atoms with Crippen molar-refractivity contribution >= 4 is 29.1 Å². The van der Waals surface area contributed by atoms with Crippen LogP contribution >= 0.6 is 11.6 Å². The lowest BCUT2D eigenvalue weighted by atomic mass is 10.1. The molecule has 0 unspecified atom stereocenters. The minimum Gasteiger partial charge on any atom is -0.494 e. The third-order valence-corrected chi connectivity index (χ3v) is 3.83. The fourth-order valence-electron chi connectivity index (χ4n) is 2.20. The van der Waals surface area contributed by atoms with Gasteiger partial charge in [-0.2, -0.15) is 0 Å². The summed E-state index contributed by atoms with van der Waals surface area (Å²) in [6.45, 7) is 2.06. The van der Waals surface area contributed by atoms with Gasteiger partial charge in [-0.3, -0.25) is 14.4 Å². The van der Waals surface area contributed by atoms with Crippen LogP contribution in [0.2, 0.25) is 5.02 Å². The van der Waals surface area contributed by atoms with E-state index >= 15 is 0 Å². The van der Waals surface area contributed by atoms with Gasteiger partial charge in [-0.15, -0.1) is 0 Å². The molecule has 0 aliphatic carbocycles. The van der Waals surface area contributed by atoms with Crippen LogP contribution in [0.4, 0.5) is 0 Å². The number of esters is 1. The molecule has 0 amide bonds. The summed E-state index contributed by atoms with van der Waals surface area (Å²) >= 11 is 5.75. The molecule has 0 aliphatic heterocycles. The van der Waals surface area contributed by atoms with Crippen LogP contribution < -0.4 is 4.74 Å². The van der Waals surface area contributed by atoms with Gasteiger partial charge in [0.1, 0.15) is 5.75 Å². The Balaban J connectivity index is 1.76. The molecule has 5 nitrogen and oxygen atoms in total. The van der Waals surface area contributed by atoms with Crippen molar-refractivity contribution in [3.63, 3.8) is 0 Å². The summed E-state index contributed by atoms with van der Waals surface area (Å²) in [5.41, 5.74) is 0.908. The van der Waals surface area contributed by atoms with Gasteiger partial charge >= 0.3 is 5.97 Å². The van der Waals surface area contributed by atoms with E-state index < -0.39 is 5.97 Å². The molecular formula is C20H19ClO5. The van der Waals surface area contributed by atoms with E-state index in [0.29, 0.717) is 28.5 Å². The van der Waals surface area contributed by atoms with Crippen molar-refractivity contribution in [3.8, 4) is 5.75 Å². The zero-order valence-electron chi connectivity index (χ0n) is 14.4. The molecule has 0 aromatic heterocycles. The van der Waals surface area contributed by atoms with Gasteiger partial charge < -0.3 is 9.47 Å². The van der Waals surface area contributed by atoms with Gasteiger partial charge in [0.15, 0.2) is 18.2 Å². The maximum absolute atomic E-state index is 12.1. The lowest BCUT2D eigenvalue weighted by Gasteiger charge is -2.06. The number of rotatable bonds is 9. The minimum atomic E-state index is -0.591. The topological polar surface area (TPSA) is 69.7 Å². The Morgan fingerprint density at radius 2 is 1.42 bits per heavy atom. The first-order valence-corrected chi connectivity index (χ1v) is 8.58. The van der Waals surface area contributed by atoms with Gasteiger partial charge in [-0.1, -0.05) is 11.6 Å². The lowest BCUT2D eigenvalue weighted by molar-refractivity contribution is -0.142. The van der Waals surface area contributed by atoms with Crippen molar-refractivity contribution in [2.24, 2.45) is 0 Å². The smallest absolute Gasteiger partial charge is 0.306 e. The molecule has 0 bridgehead atoms. The number of carbonyl (C=O) groups is 3. The first-order chi connectivity index (χ1) is 12.5. The highest BCUT2D eigenvalue weighted by atomic mass is 35.5. The standard InChI is InChI=1S/C20H19ClO5/c1-2-25-17-9-5-14(6-10-17)18(22)11-12-20(24)26-13-19(23)15-3-7-16(21)8-4-15/h3-10H,2,11-13H2,1H3. The molecule has 2 aromatic rings. The molecule has 0 saturated carbocycles. The lowest BCUT2D eigenvalue weighted by Crippen LogP contribution is -2.15. The SMILES string of the molecule is CCOc1ccc(C(=O)CCC(=O)OCC(=O)c2ccc(Cl)cc2)cc1. The monoisotopic (exact) mass is 374 g/mol. The molecule has 0 saturated heterocycles. The largest absolute Gasteiger partial charge is 0.494 e. The molecule has 0 atom stereocenters. The predicted molar refractivity (Wildman–Crippen MR) is 97.9 cm³/mol. The van der Waals surface area contributed by atoms with Gasteiger partial charge in [0.25, 0.3) is 0 Å². The average molecular weight is 375 g/mol. The molecule has 2 rings (SSSR count). The highest BCUT2D eigenvalue weighted by Gasteiger charge is 2.13. The molecule has 0 spiro atoms. The number of benzene rings is 2. The Hall–Kier alpha value is -2.66. The Labute approximate surface area is 156 Å². The molecule has 136 valence electrons. The fraction of sp³-hybridized carbons (Fsp3) is 0.250. The number of hydrogen-bond acceptors (Lipinski definition) is 5. The van der Waals surface area contributed by atoms with Gasteiger partial charge in [0, 0.05) is 22.6 Å². The van der Waals surface area contributed by atoms with E-state index in [4.69, 9.17) is 21.1 Å². The van der Waals surface area contributed by atoms with Crippen molar-refractivity contribution in [3.05, 3.63) is 64.7 Å². The van der Waals surface area contributed by atoms with Crippen molar-refractivity contribution in [2.75, 3.05) is 13.2 Å². The summed E-state index contributed by atoms with van der Waals surface area (Å²) in [5, 5.41) is 0.520. The van der Waals surface area contributed by atoms with E-state index in [1.54, 1.807) is 48.5 Å². The van der Waals surface area contributed by atoms with Crippen molar-refractivity contribution in [2.45, 2.75) is 19.8 Å². The first kappa shape index (κ1) is 19.7. The van der Waals surface area contributed by atoms with E-state index in [1.807, 2.05) is 6.92 Å². The van der Waals surface area contributed by atoms with Crippen LogP contribution in [0, 0.1) is 0 Å². The molecule has 0 heterocycles. The van der Waals surface area contributed by atoms with Crippen LogP contribution in [0.3, 0.4) is 0 Å². The molecule has 0 aliphatic rings. The molecule has 0 fully saturated rings. The third kappa shape index (κ3) is 6.01. The molecular weight excluding hydrogens is 356 g/mol. The van der Waals surface area contributed by atoms with Gasteiger partial charge in [-0.05, 0) is 55.5 Å². The Morgan fingerprint density at radius 3 is 2.04 bits per heavy atom. The number of ether oxygens (including phenoxy) is 2. The number of hydrogen-bond donors (Lipinski definition) is 0. The highest BCUT2D eigenvalue weighted by molar-refractivity contribution is 6.30. The maximum Gasteiger partial charge on any atom is 0.306 e. The summed E-state index contributed by atoms with van der Waals surface area (Å²) in [6, 6.07) is 13.0. The average Bonchev–Trinajstić information content (AvgIpc) is 2.65. The summed E-state index contributed by atoms with van der Waals surface area (Å²) < 4.78 is 10.2. The van der Waals surface area contributed by atoms with Crippen LogP contribution in [0.25, 0.3) is 0 Å². The number of halogens is 1. The van der Waals surface area contributed by atoms with E-state index in [0.717, 1.165) is 0 Å². The van der Waals surface area contributed by atoms with E-state index in [2.05, 4.69) is 0 Å². The third-order valence-electron chi connectivity index (χ3n) is 3.57. The van der Waals surface area contributed by atoms with Gasteiger partial charge in [0.05, 0.1) is 13.0 Å². The summed E-state index contributed by atoms with van der Waals surface area (Å²) in [7, 11) is 0. The fourth-order valence-corrected chi connectivity index (χ4v) is 2.33. The van der Waals surface area contributed by atoms with E-state index in [1.165, 1.54) is 0 Å². The highest BCUT2D eigenvalue weighted by Crippen LogP contribution is 2.14. The molecule has 0 radical (unpaired) electrons. The zero-order chi connectivity index (χ0) is 18.9. The van der Waals surface area contributed by atoms with Crippen molar-refractivity contribution in [1.82, 2.24) is 0 Å². The quantitative estimate of drug-likeness (QED) is 0.487. The molecule has 26 heavy (non-hydrogen) atoms. The normalized spacial score (nSPS) is 10.2. The van der Waals surface area contributed by atoms with E-state index in [-0.39, 0.29) is 31.0 Å². The number of ketones is 2. The number of carbonyl (C=O) groups excluding carboxylic acids is 3. The summed E-state index contributed by atoms with van der Waals surface area (Å²) in [4.78, 5) is 35.7. The summed E-state index contributed by atoms with van der Waals surface area (Å²) in [6.07, 6.45) is -0.0676. The molecule has 6 heteroatoms. The van der Waals surface area contributed by atoms with Crippen LogP contribution in [0.1, 0.15) is 40.5 Å². The van der Waals surface area contributed by atoms with Crippen molar-refractivity contribution in [1.29, 1.82) is 0 Å². The van der Waals surface area contributed by atoms with Gasteiger partial charge in [0.2, 0.25) is 0 Å². The van der Waals surface area contributed by atoms with Crippen LogP contribution in [0.5, 0.6) is 5.75 Å².